The zero-order valence-electron chi connectivity index (χ0n) is 15.1. The highest BCUT2D eigenvalue weighted by Gasteiger charge is 2.27. The van der Waals surface area contributed by atoms with Gasteiger partial charge in [-0.3, -0.25) is 9.89 Å². The number of H-pyrrole nitrogens is 1. The number of aromatic amines is 1. The summed E-state index contributed by atoms with van der Waals surface area (Å²) in [6.45, 7) is 1.68. The Morgan fingerprint density at radius 1 is 1.07 bits per heavy atom. The number of aliphatic hydroxyl groups excluding tert-OH is 1. The second-order valence-corrected chi connectivity index (χ2v) is 7.13. The van der Waals surface area contributed by atoms with Crippen LogP contribution in [-0.4, -0.2) is 39.2 Å². The van der Waals surface area contributed by atoms with Crippen molar-refractivity contribution in [2.45, 2.75) is 19.4 Å². The van der Waals surface area contributed by atoms with Gasteiger partial charge >= 0.3 is 0 Å². The molecular formula is C22H23N3O2. The molecule has 0 unspecified atom stereocenters. The monoisotopic (exact) mass is 361 g/mol. The van der Waals surface area contributed by atoms with Crippen molar-refractivity contribution >= 4 is 5.91 Å². The maximum Gasteiger partial charge on any atom is 0.253 e. The number of amides is 1. The molecule has 0 aliphatic carbocycles. The molecule has 27 heavy (non-hydrogen) atoms. The van der Waals surface area contributed by atoms with Crippen LogP contribution >= 0.6 is 0 Å². The van der Waals surface area contributed by atoms with E-state index in [-0.39, 0.29) is 12.5 Å². The number of hydrogen-bond donors (Lipinski definition) is 2. The van der Waals surface area contributed by atoms with Crippen molar-refractivity contribution in [3.8, 4) is 11.3 Å². The molecule has 1 aliphatic heterocycles. The minimum atomic E-state index is 0.0746. The van der Waals surface area contributed by atoms with Crippen LogP contribution in [0.15, 0.2) is 60.8 Å². The van der Waals surface area contributed by atoms with Crippen LogP contribution in [-0.2, 0) is 13.0 Å². The summed E-state index contributed by atoms with van der Waals surface area (Å²) in [7, 11) is 0. The second-order valence-electron chi connectivity index (χ2n) is 7.13. The molecule has 0 saturated carbocycles. The Bertz CT molecular complexity index is 886. The van der Waals surface area contributed by atoms with E-state index < -0.39 is 0 Å². The fourth-order valence-electron chi connectivity index (χ4n) is 3.69. The number of nitrogens with one attached hydrogen (secondary N) is 1. The number of hydrogen-bond acceptors (Lipinski definition) is 3. The van der Waals surface area contributed by atoms with Gasteiger partial charge in [0.1, 0.15) is 0 Å². The predicted octanol–water partition coefficient (Wildman–Crippen LogP) is 3.27. The largest absolute Gasteiger partial charge is 0.392 e. The topological polar surface area (TPSA) is 69.2 Å². The molecule has 3 aromatic rings. The first-order chi connectivity index (χ1) is 13.2. The Balaban J connectivity index is 1.37. The van der Waals surface area contributed by atoms with Gasteiger partial charge in [0.15, 0.2) is 0 Å². The Hall–Kier alpha value is -2.92. The first kappa shape index (κ1) is 17.5. The maximum atomic E-state index is 12.8. The molecule has 5 nitrogen and oxygen atoms in total. The van der Waals surface area contributed by atoms with Crippen LogP contribution < -0.4 is 0 Å². The number of carbonyl (C=O) groups excluding carboxylic acids is 1. The summed E-state index contributed by atoms with van der Waals surface area (Å²) in [6.07, 6.45) is 3.71. The number of benzene rings is 2. The fraction of sp³-hybridized carbons (Fsp3) is 0.273. The van der Waals surface area contributed by atoms with Gasteiger partial charge in [0.2, 0.25) is 0 Å². The Labute approximate surface area is 158 Å². The summed E-state index contributed by atoms with van der Waals surface area (Å²) in [5.41, 5.74) is 4.89. The van der Waals surface area contributed by atoms with E-state index >= 15 is 0 Å². The Kier molecular flexibility index (Phi) is 5.03. The first-order valence-corrected chi connectivity index (χ1v) is 9.30. The molecule has 0 bridgehead atoms. The van der Waals surface area contributed by atoms with Crippen molar-refractivity contribution in [2.24, 2.45) is 5.92 Å². The minimum Gasteiger partial charge on any atom is -0.392 e. The first-order valence-electron chi connectivity index (χ1n) is 9.30. The molecule has 5 heteroatoms. The third-order valence-corrected chi connectivity index (χ3v) is 5.25. The lowest BCUT2D eigenvalue weighted by Crippen LogP contribution is -2.28. The highest BCUT2D eigenvalue weighted by atomic mass is 16.3. The van der Waals surface area contributed by atoms with Gasteiger partial charge in [0.25, 0.3) is 5.91 Å². The number of nitrogens with zero attached hydrogens (tertiary/aromatic N) is 2. The third-order valence-electron chi connectivity index (χ3n) is 5.25. The van der Waals surface area contributed by atoms with E-state index in [1.165, 1.54) is 5.56 Å². The van der Waals surface area contributed by atoms with Crippen LogP contribution in [0, 0.1) is 5.92 Å². The van der Waals surface area contributed by atoms with Crippen LogP contribution in [0.3, 0.4) is 0 Å². The van der Waals surface area contributed by atoms with Crippen LogP contribution in [0.25, 0.3) is 11.3 Å². The highest BCUT2D eigenvalue weighted by Crippen LogP contribution is 2.24. The van der Waals surface area contributed by atoms with Crippen LogP contribution in [0.4, 0.5) is 0 Å². The molecule has 1 aliphatic rings. The molecule has 0 spiro atoms. The molecule has 1 aromatic heterocycles. The van der Waals surface area contributed by atoms with Gasteiger partial charge in [-0.25, -0.2) is 0 Å². The number of rotatable bonds is 5. The van der Waals surface area contributed by atoms with Gasteiger partial charge in [-0.1, -0.05) is 36.4 Å². The summed E-state index contributed by atoms with van der Waals surface area (Å²) < 4.78 is 0. The van der Waals surface area contributed by atoms with Gasteiger partial charge < -0.3 is 10.0 Å². The molecule has 1 atom stereocenters. The van der Waals surface area contributed by atoms with E-state index in [4.69, 9.17) is 5.11 Å². The van der Waals surface area contributed by atoms with Gasteiger partial charge in [0.05, 0.1) is 12.3 Å². The normalized spacial score (nSPS) is 16.6. The average Bonchev–Trinajstić information content (AvgIpc) is 3.41. The highest BCUT2D eigenvalue weighted by molar-refractivity contribution is 5.94. The van der Waals surface area contributed by atoms with Crippen molar-refractivity contribution in [3.05, 3.63) is 77.5 Å². The molecule has 1 amide bonds. The summed E-state index contributed by atoms with van der Waals surface area (Å²) in [4.78, 5) is 14.8. The van der Waals surface area contributed by atoms with E-state index in [9.17, 15) is 4.79 Å². The quantitative estimate of drug-likeness (QED) is 0.733. The standard InChI is InChI=1S/C22H23N3O2/c26-15-17-3-1-16(2-4-17)13-18-10-12-25(14-18)22(27)20-7-5-19(6-8-20)21-9-11-23-24-21/h1-9,11,18,26H,10,12-15H2,(H,23,24)/t18-/m1/s1. The Morgan fingerprint density at radius 2 is 1.81 bits per heavy atom. The molecule has 1 saturated heterocycles. The smallest absolute Gasteiger partial charge is 0.253 e. The third kappa shape index (κ3) is 3.93. The van der Waals surface area contributed by atoms with Crippen molar-refractivity contribution < 1.29 is 9.90 Å². The van der Waals surface area contributed by atoms with Crippen LogP contribution in [0.1, 0.15) is 27.9 Å². The zero-order valence-corrected chi connectivity index (χ0v) is 15.1. The summed E-state index contributed by atoms with van der Waals surface area (Å²) in [5.74, 6) is 0.586. The van der Waals surface area contributed by atoms with E-state index in [2.05, 4.69) is 22.3 Å². The predicted molar refractivity (Wildman–Crippen MR) is 104 cm³/mol. The van der Waals surface area contributed by atoms with E-state index in [1.807, 2.05) is 47.4 Å². The molecule has 2 N–H and O–H groups in total. The number of carbonyl (C=O) groups is 1. The number of aromatic nitrogens is 2. The van der Waals surface area contributed by atoms with Crippen molar-refractivity contribution in [1.29, 1.82) is 0 Å². The van der Waals surface area contributed by atoms with E-state index in [1.54, 1.807) is 6.20 Å². The second kappa shape index (κ2) is 7.76. The molecule has 2 aromatic carbocycles. The van der Waals surface area contributed by atoms with Gasteiger partial charge in [-0.2, -0.15) is 5.10 Å². The van der Waals surface area contributed by atoms with Crippen molar-refractivity contribution in [3.63, 3.8) is 0 Å². The fourth-order valence-corrected chi connectivity index (χ4v) is 3.69. The minimum absolute atomic E-state index is 0.0746. The van der Waals surface area contributed by atoms with E-state index in [0.29, 0.717) is 5.92 Å². The van der Waals surface area contributed by atoms with Crippen LogP contribution in [0.5, 0.6) is 0 Å². The van der Waals surface area contributed by atoms with Gasteiger partial charge in [0, 0.05) is 24.8 Å². The van der Waals surface area contributed by atoms with Crippen molar-refractivity contribution in [1.82, 2.24) is 15.1 Å². The summed E-state index contributed by atoms with van der Waals surface area (Å²) in [6, 6.07) is 17.7. The zero-order chi connectivity index (χ0) is 18.6. The molecule has 1 fully saturated rings. The lowest BCUT2D eigenvalue weighted by atomic mass is 9.98. The molecule has 0 radical (unpaired) electrons. The summed E-state index contributed by atoms with van der Waals surface area (Å²) >= 11 is 0. The SMILES string of the molecule is O=C(c1ccc(-c2ccn[nH]2)cc1)N1CC[C@H](Cc2ccc(CO)cc2)C1. The maximum absolute atomic E-state index is 12.8. The van der Waals surface area contributed by atoms with Crippen molar-refractivity contribution in [2.75, 3.05) is 13.1 Å². The van der Waals surface area contributed by atoms with Gasteiger partial charge in [-0.15, -0.1) is 0 Å². The number of likely N-dealkylation sites (tertiary alicyclic amines) is 1. The molecule has 4 rings (SSSR count). The lowest BCUT2D eigenvalue weighted by Gasteiger charge is -2.17. The van der Waals surface area contributed by atoms with Gasteiger partial charge in [-0.05, 0) is 53.6 Å². The van der Waals surface area contributed by atoms with Crippen LogP contribution in [0.2, 0.25) is 0 Å². The Morgan fingerprint density at radius 3 is 2.48 bits per heavy atom. The average molecular weight is 361 g/mol. The number of aliphatic hydroxyl groups is 1. The molecule has 2 heterocycles. The van der Waals surface area contributed by atoms with E-state index in [0.717, 1.165) is 48.3 Å². The molecular weight excluding hydrogens is 338 g/mol. The lowest BCUT2D eigenvalue weighted by molar-refractivity contribution is 0.0787. The summed E-state index contributed by atoms with van der Waals surface area (Å²) in [5, 5.41) is 16.0. The molecule has 138 valence electrons.